The van der Waals surface area contributed by atoms with E-state index in [0.29, 0.717) is 22.0 Å². The molecule has 0 bridgehead atoms. The van der Waals surface area contributed by atoms with Gasteiger partial charge in [-0.1, -0.05) is 11.3 Å². The molecule has 3 rings (SSSR count). The van der Waals surface area contributed by atoms with Gasteiger partial charge in [0.15, 0.2) is 22.0 Å². The van der Waals surface area contributed by atoms with E-state index in [9.17, 15) is 4.79 Å². The molecule has 0 fully saturated rings. The van der Waals surface area contributed by atoms with Gasteiger partial charge in [0.2, 0.25) is 0 Å². The van der Waals surface area contributed by atoms with Crippen LogP contribution in [-0.2, 0) is 13.1 Å². The molecule has 150 valence electrons. The van der Waals surface area contributed by atoms with Crippen molar-refractivity contribution in [1.82, 2.24) is 14.3 Å². The van der Waals surface area contributed by atoms with E-state index in [-0.39, 0.29) is 5.91 Å². The zero-order valence-electron chi connectivity index (χ0n) is 16.7. The van der Waals surface area contributed by atoms with Gasteiger partial charge in [-0.3, -0.25) is 9.48 Å². The van der Waals surface area contributed by atoms with Crippen molar-refractivity contribution in [1.29, 1.82) is 0 Å². The fraction of sp³-hybridized carbons (Fsp3) is 0.421. The Bertz CT molecular complexity index is 1070. The molecule has 0 aliphatic rings. The maximum absolute atomic E-state index is 12.7. The Balaban J connectivity index is 2.14. The van der Waals surface area contributed by atoms with Crippen molar-refractivity contribution in [2.45, 2.75) is 26.9 Å². The lowest BCUT2D eigenvalue weighted by Crippen LogP contribution is -2.18. The highest BCUT2D eigenvalue weighted by atomic mass is 32.2. The van der Waals surface area contributed by atoms with Gasteiger partial charge in [0.05, 0.1) is 24.4 Å². The van der Waals surface area contributed by atoms with E-state index < -0.39 is 0 Å². The van der Waals surface area contributed by atoms with E-state index in [1.165, 1.54) is 11.3 Å². The zero-order valence-corrected chi connectivity index (χ0v) is 18.3. The second-order valence-corrected chi connectivity index (χ2v) is 8.10. The number of ether oxygens (including phenoxy) is 2. The van der Waals surface area contributed by atoms with Gasteiger partial charge in [0, 0.05) is 36.7 Å². The average molecular weight is 421 g/mol. The molecule has 0 saturated carbocycles. The number of carbonyl (C=O) groups excluding carboxylic acids is 1. The van der Waals surface area contributed by atoms with Gasteiger partial charge in [-0.2, -0.15) is 21.9 Å². The lowest BCUT2D eigenvalue weighted by atomic mass is 10.3. The molecule has 0 saturated heterocycles. The maximum Gasteiger partial charge on any atom is 0.300 e. The van der Waals surface area contributed by atoms with Crippen LogP contribution in [0.5, 0.6) is 11.5 Å². The van der Waals surface area contributed by atoms with Crippen molar-refractivity contribution >= 4 is 39.2 Å². The molecular weight excluding hydrogens is 396 g/mol. The number of hydrogen-bond donors (Lipinski definition) is 0. The van der Waals surface area contributed by atoms with Gasteiger partial charge in [-0.05, 0) is 26.2 Å². The highest BCUT2D eigenvalue weighted by molar-refractivity contribution is 7.98. The first-order valence-electron chi connectivity index (χ1n) is 8.90. The third kappa shape index (κ3) is 3.95. The summed E-state index contributed by atoms with van der Waals surface area (Å²) in [5, 5.41) is 4.35. The largest absolute Gasteiger partial charge is 0.493 e. The Hall–Kier alpha value is -2.26. The second-order valence-electron chi connectivity index (χ2n) is 6.11. The number of nitrogens with zero attached hydrogens (tertiary/aromatic N) is 4. The number of aryl methyl sites for hydroxylation is 3. The molecule has 0 spiro atoms. The number of amides is 1. The molecule has 0 N–H and O–H groups in total. The highest BCUT2D eigenvalue weighted by Gasteiger charge is 2.15. The summed E-state index contributed by atoms with van der Waals surface area (Å²) < 4.78 is 15.7. The zero-order chi connectivity index (χ0) is 20.3. The minimum Gasteiger partial charge on any atom is -0.493 e. The molecule has 7 nitrogen and oxygen atoms in total. The molecule has 28 heavy (non-hydrogen) atoms. The van der Waals surface area contributed by atoms with Crippen LogP contribution in [0, 0.1) is 6.92 Å². The summed E-state index contributed by atoms with van der Waals surface area (Å²) in [6.45, 7) is 5.39. The fourth-order valence-corrected chi connectivity index (χ4v) is 4.39. The first-order chi connectivity index (χ1) is 13.5. The summed E-state index contributed by atoms with van der Waals surface area (Å²) in [6.07, 6.45) is 2.06. The standard InChI is InChI=1S/C19H24N4O3S2/c1-6-23-12(2)9-13(21-23)18(24)20-19-22(7-8-27-5)14-10-15(25-3)16(26-4)11-17(14)28-19/h9-11H,6-8H2,1-5H3. The monoisotopic (exact) mass is 420 g/mol. The SMILES string of the molecule is CCn1nc(C(=O)N=c2sc3cc(OC)c(OC)cc3n2CCSC)cc1C. The van der Waals surface area contributed by atoms with Gasteiger partial charge in [0.25, 0.3) is 5.91 Å². The molecule has 0 radical (unpaired) electrons. The lowest BCUT2D eigenvalue weighted by molar-refractivity contribution is 0.0992. The van der Waals surface area contributed by atoms with Crippen molar-refractivity contribution < 1.29 is 14.3 Å². The third-order valence-corrected chi connectivity index (χ3v) is 6.04. The minimum atomic E-state index is -0.335. The van der Waals surface area contributed by atoms with Crippen molar-refractivity contribution in [3.63, 3.8) is 0 Å². The van der Waals surface area contributed by atoms with E-state index in [1.54, 1.807) is 36.7 Å². The van der Waals surface area contributed by atoms with Crippen LogP contribution in [0.4, 0.5) is 0 Å². The Labute approximate surface area is 172 Å². The van der Waals surface area contributed by atoms with Crippen LogP contribution in [0.3, 0.4) is 0 Å². The fourth-order valence-electron chi connectivity index (χ4n) is 2.96. The number of benzene rings is 1. The summed E-state index contributed by atoms with van der Waals surface area (Å²) in [5.41, 5.74) is 2.28. The number of rotatable bonds is 7. The van der Waals surface area contributed by atoms with E-state index >= 15 is 0 Å². The summed E-state index contributed by atoms with van der Waals surface area (Å²) in [4.78, 5) is 17.8. The van der Waals surface area contributed by atoms with Crippen molar-refractivity contribution in [3.05, 3.63) is 34.4 Å². The summed E-state index contributed by atoms with van der Waals surface area (Å²) in [7, 11) is 3.23. The predicted octanol–water partition coefficient (Wildman–Crippen LogP) is 3.35. The Kier molecular flexibility index (Phi) is 6.46. The number of carbonyl (C=O) groups is 1. The predicted molar refractivity (Wildman–Crippen MR) is 114 cm³/mol. The third-order valence-electron chi connectivity index (χ3n) is 4.40. The molecule has 0 atom stereocenters. The van der Waals surface area contributed by atoms with Gasteiger partial charge in [-0.15, -0.1) is 0 Å². The first kappa shape index (κ1) is 20.5. The molecule has 1 amide bonds. The minimum absolute atomic E-state index is 0.335. The number of methoxy groups -OCH3 is 2. The number of fused-ring (bicyclic) bond motifs is 1. The van der Waals surface area contributed by atoms with Crippen LogP contribution in [0.15, 0.2) is 23.2 Å². The molecule has 3 aromatic rings. The normalized spacial score (nSPS) is 12.0. The molecule has 0 aliphatic heterocycles. The molecular formula is C19H24N4O3S2. The maximum atomic E-state index is 12.7. The van der Waals surface area contributed by atoms with Crippen LogP contribution in [0.2, 0.25) is 0 Å². The highest BCUT2D eigenvalue weighted by Crippen LogP contribution is 2.33. The van der Waals surface area contributed by atoms with Gasteiger partial charge < -0.3 is 14.0 Å². The Morgan fingerprint density at radius 2 is 1.96 bits per heavy atom. The van der Waals surface area contributed by atoms with Crippen LogP contribution in [0.1, 0.15) is 23.1 Å². The van der Waals surface area contributed by atoms with Crippen molar-refractivity contribution in [3.8, 4) is 11.5 Å². The molecule has 9 heteroatoms. The van der Waals surface area contributed by atoms with Gasteiger partial charge in [-0.25, -0.2) is 0 Å². The number of thiazole rings is 1. The summed E-state index contributed by atoms with van der Waals surface area (Å²) >= 11 is 3.20. The quantitative estimate of drug-likeness (QED) is 0.586. The van der Waals surface area contributed by atoms with Crippen LogP contribution in [-0.4, -0.2) is 46.5 Å². The molecule has 0 unspecified atom stereocenters. The number of thioether (sulfide) groups is 1. The molecule has 2 aromatic heterocycles. The Morgan fingerprint density at radius 1 is 1.25 bits per heavy atom. The topological polar surface area (TPSA) is 70.6 Å². The van der Waals surface area contributed by atoms with Crippen molar-refractivity contribution in [2.75, 3.05) is 26.2 Å². The van der Waals surface area contributed by atoms with Crippen LogP contribution in [0.25, 0.3) is 10.2 Å². The van der Waals surface area contributed by atoms with Crippen molar-refractivity contribution in [2.24, 2.45) is 4.99 Å². The van der Waals surface area contributed by atoms with E-state index in [4.69, 9.17) is 9.47 Å². The first-order valence-corrected chi connectivity index (χ1v) is 11.1. The van der Waals surface area contributed by atoms with E-state index in [1.807, 2.05) is 26.0 Å². The number of aromatic nitrogens is 3. The number of hydrogen-bond acceptors (Lipinski definition) is 6. The summed E-state index contributed by atoms with van der Waals surface area (Å²) in [5.74, 6) is 1.88. The van der Waals surface area contributed by atoms with Crippen LogP contribution < -0.4 is 14.3 Å². The van der Waals surface area contributed by atoms with E-state index in [0.717, 1.165) is 34.8 Å². The van der Waals surface area contributed by atoms with Gasteiger partial charge in [0.1, 0.15) is 0 Å². The average Bonchev–Trinajstić information content (AvgIpc) is 3.24. The van der Waals surface area contributed by atoms with E-state index in [2.05, 4.69) is 20.9 Å². The molecule has 0 aliphatic carbocycles. The second kappa shape index (κ2) is 8.83. The van der Waals surface area contributed by atoms with Crippen LogP contribution >= 0.6 is 23.1 Å². The molecule has 2 heterocycles. The molecule has 1 aromatic carbocycles. The Morgan fingerprint density at radius 3 is 2.57 bits per heavy atom. The lowest BCUT2D eigenvalue weighted by Gasteiger charge is -2.09. The smallest absolute Gasteiger partial charge is 0.300 e. The van der Waals surface area contributed by atoms with Gasteiger partial charge >= 0.3 is 0 Å². The summed E-state index contributed by atoms with van der Waals surface area (Å²) in [6, 6.07) is 5.64.